The normalized spacial score (nSPS) is 10.8. The fourth-order valence-corrected chi connectivity index (χ4v) is 3.02. The lowest BCUT2D eigenvalue weighted by atomic mass is 10.2. The van der Waals surface area contributed by atoms with Gasteiger partial charge in [-0.2, -0.15) is 0 Å². The monoisotopic (exact) mass is 382 g/mol. The van der Waals surface area contributed by atoms with Gasteiger partial charge in [0.15, 0.2) is 0 Å². The standard InChI is InChI=1S/C20H22N4O4/c1-2-23-16-5-3-4-6-17(16)24(20(23)28)13-18(26)21-11-12-22-19(27)14-7-9-15(25)10-8-14/h3-10,25H,2,11-13H2,1H3,(H,21,26)(H,22,27). The summed E-state index contributed by atoms with van der Waals surface area (Å²) in [5, 5.41) is 14.6. The lowest BCUT2D eigenvalue weighted by Crippen LogP contribution is -2.37. The molecule has 2 amide bonds. The summed E-state index contributed by atoms with van der Waals surface area (Å²) in [7, 11) is 0. The van der Waals surface area contributed by atoms with Gasteiger partial charge in [0.05, 0.1) is 11.0 Å². The third kappa shape index (κ3) is 4.06. The maximum Gasteiger partial charge on any atom is 0.329 e. The summed E-state index contributed by atoms with van der Waals surface area (Å²) in [6.07, 6.45) is 0. The quantitative estimate of drug-likeness (QED) is 0.532. The molecule has 28 heavy (non-hydrogen) atoms. The van der Waals surface area contributed by atoms with Gasteiger partial charge in [-0.05, 0) is 43.3 Å². The van der Waals surface area contributed by atoms with Gasteiger partial charge in [-0.15, -0.1) is 0 Å². The molecule has 3 N–H and O–H groups in total. The van der Waals surface area contributed by atoms with Crippen molar-refractivity contribution < 1.29 is 14.7 Å². The van der Waals surface area contributed by atoms with Crippen molar-refractivity contribution in [2.24, 2.45) is 0 Å². The third-order valence-electron chi connectivity index (χ3n) is 4.41. The van der Waals surface area contributed by atoms with Crippen LogP contribution in [-0.4, -0.2) is 39.1 Å². The van der Waals surface area contributed by atoms with E-state index in [1.165, 1.54) is 28.8 Å². The van der Waals surface area contributed by atoms with Gasteiger partial charge in [-0.3, -0.25) is 18.7 Å². The summed E-state index contributed by atoms with van der Waals surface area (Å²) in [6.45, 7) is 2.81. The molecule has 2 aromatic carbocycles. The number of phenolic OH excluding ortho intramolecular Hbond substituents is 1. The Hall–Kier alpha value is -3.55. The molecule has 1 aromatic heterocycles. The van der Waals surface area contributed by atoms with Crippen LogP contribution in [0, 0.1) is 0 Å². The first kappa shape index (κ1) is 19.2. The topological polar surface area (TPSA) is 105 Å². The maximum atomic E-state index is 12.5. The van der Waals surface area contributed by atoms with E-state index in [1.54, 1.807) is 4.57 Å². The average molecular weight is 382 g/mol. The highest BCUT2D eigenvalue weighted by atomic mass is 16.3. The summed E-state index contributed by atoms with van der Waals surface area (Å²) in [6, 6.07) is 13.2. The summed E-state index contributed by atoms with van der Waals surface area (Å²) in [5.41, 5.74) is 1.71. The fourth-order valence-electron chi connectivity index (χ4n) is 3.02. The number of aromatic hydroxyl groups is 1. The third-order valence-corrected chi connectivity index (χ3v) is 4.41. The smallest absolute Gasteiger partial charge is 0.329 e. The molecule has 146 valence electrons. The number of hydrogen-bond acceptors (Lipinski definition) is 4. The molecule has 1 heterocycles. The molecular weight excluding hydrogens is 360 g/mol. The number of carbonyl (C=O) groups excluding carboxylic acids is 2. The van der Waals surface area contributed by atoms with Gasteiger partial charge in [0, 0.05) is 25.2 Å². The van der Waals surface area contributed by atoms with E-state index in [9.17, 15) is 19.5 Å². The van der Waals surface area contributed by atoms with Crippen LogP contribution in [0.5, 0.6) is 5.75 Å². The fraction of sp³-hybridized carbons (Fsp3) is 0.250. The van der Waals surface area contributed by atoms with Crippen molar-refractivity contribution in [2.75, 3.05) is 13.1 Å². The van der Waals surface area contributed by atoms with Crippen LogP contribution >= 0.6 is 0 Å². The Morgan fingerprint density at radius 2 is 1.54 bits per heavy atom. The molecular formula is C20H22N4O4. The van der Waals surface area contributed by atoms with E-state index in [1.807, 2.05) is 31.2 Å². The zero-order valence-corrected chi connectivity index (χ0v) is 15.5. The Morgan fingerprint density at radius 3 is 2.18 bits per heavy atom. The van der Waals surface area contributed by atoms with Crippen LogP contribution in [0.2, 0.25) is 0 Å². The van der Waals surface area contributed by atoms with E-state index >= 15 is 0 Å². The molecule has 0 spiro atoms. The SMILES string of the molecule is CCn1c(=O)n(CC(=O)NCCNC(=O)c2ccc(O)cc2)c2ccccc21. The summed E-state index contributed by atoms with van der Waals surface area (Å²) < 4.78 is 3.07. The van der Waals surface area contributed by atoms with Crippen molar-refractivity contribution in [3.63, 3.8) is 0 Å². The number of nitrogens with zero attached hydrogens (tertiary/aromatic N) is 2. The van der Waals surface area contributed by atoms with Gasteiger partial charge in [-0.25, -0.2) is 4.79 Å². The van der Waals surface area contributed by atoms with E-state index in [4.69, 9.17) is 0 Å². The van der Waals surface area contributed by atoms with Gasteiger partial charge in [0.2, 0.25) is 5.91 Å². The van der Waals surface area contributed by atoms with Crippen LogP contribution in [0.15, 0.2) is 53.3 Å². The molecule has 8 heteroatoms. The van der Waals surface area contributed by atoms with E-state index in [0.717, 1.165) is 5.52 Å². The minimum atomic E-state index is -0.306. The number of para-hydroxylation sites is 2. The number of hydrogen-bond donors (Lipinski definition) is 3. The molecule has 0 aliphatic heterocycles. The Balaban J connectivity index is 1.55. The van der Waals surface area contributed by atoms with Crippen LogP contribution < -0.4 is 16.3 Å². The Labute approximate surface area is 161 Å². The predicted molar refractivity (Wildman–Crippen MR) is 105 cm³/mol. The van der Waals surface area contributed by atoms with Gasteiger partial charge < -0.3 is 15.7 Å². The Kier molecular flexibility index (Phi) is 5.78. The number of fused-ring (bicyclic) bond motifs is 1. The molecule has 0 aliphatic carbocycles. The molecule has 3 aromatic rings. The largest absolute Gasteiger partial charge is 0.508 e. The first-order valence-corrected chi connectivity index (χ1v) is 9.03. The summed E-state index contributed by atoms with van der Waals surface area (Å²) >= 11 is 0. The zero-order chi connectivity index (χ0) is 20.1. The number of imidazole rings is 1. The van der Waals surface area contributed by atoms with Crippen LogP contribution in [-0.2, 0) is 17.9 Å². The lowest BCUT2D eigenvalue weighted by Gasteiger charge is -2.08. The summed E-state index contributed by atoms with van der Waals surface area (Å²) in [5.74, 6) is -0.514. The van der Waals surface area contributed by atoms with Crippen LogP contribution in [0.25, 0.3) is 11.0 Å². The van der Waals surface area contributed by atoms with Crippen molar-refractivity contribution in [3.05, 3.63) is 64.6 Å². The number of aryl methyl sites for hydroxylation is 1. The predicted octanol–water partition coefficient (Wildman–Crippen LogP) is 1.07. The Bertz CT molecular complexity index is 1050. The van der Waals surface area contributed by atoms with Crippen LogP contribution in [0.3, 0.4) is 0 Å². The van der Waals surface area contributed by atoms with E-state index in [2.05, 4.69) is 10.6 Å². The van der Waals surface area contributed by atoms with E-state index in [0.29, 0.717) is 17.6 Å². The molecule has 0 radical (unpaired) electrons. The van der Waals surface area contributed by atoms with Crippen molar-refractivity contribution in [1.29, 1.82) is 0 Å². The van der Waals surface area contributed by atoms with Gasteiger partial charge >= 0.3 is 5.69 Å². The van der Waals surface area contributed by atoms with Gasteiger partial charge in [0.25, 0.3) is 5.91 Å². The lowest BCUT2D eigenvalue weighted by molar-refractivity contribution is -0.121. The number of nitrogens with one attached hydrogen (secondary N) is 2. The van der Waals surface area contributed by atoms with Crippen molar-refractivity contribution >= 4 is 22.8 Å². The molecule has 0 fully saturated rings. The maximum absolute atomic E-state index is 12.5. The van der Waals surface area contributed by atoms with E-state index in [-0.39, 0.29) is 42.9 Å². The molecule has 3 rings (SSSR count). The highest BCUT2D eigenvalue weighted by molar-refractivity contribution is 5.94. The first-order valence-electron chi connectivity index (χ1n) is 9.03. The number of aromatic nitrogens is 2. The molecule has 0 aliphatic rings. The highest BCUT2D eigenvalue weighted by Crippen LogP contribution is 2.12. The Morgan fingerprint density at radius 1 is 0.929 bits per heavy atom. The molecule has 8 nitrogen and oxygen atoms in total. The number of phenols is 1. The van der Waals surface area contributed by atoms with Gasteiger partial charge in [0.1, 0.15) is 12.3 Å². The number of amides is 2. The second-order valence-corrected chi connectivity index (χ2v) is 6.25. The number of benzene rings is 2. The number of rotatable bonds is 7. The average Bonchev–Trinajstić information content (AvgIpc) is 2.96. The van der Waals surface area contributed by atoms with Crippen molar-refractivity contribution in [3.8, 4) is 5.75 Å². The van der Waals surface area contributed by atoms with Crippen LogP contribution in [0.4, 0.5) is 0 Å². The highest BCUT2D eigenvalue weighted by Gasteiger charge is 2.14. The second-order valence-electron chi connectivity index (χ2n) is 6.25. The van der Waals surface area contributed by atoms with Gasteiger partial charge in [-0.1, -0.05) is 12.1 Å². The number of carbonyl (C=O) groups is 2. The summed E-state index contributed by atoms with van der Waals surface area (Å²) in [4.78, 5) is 36.7. The minimum absolute atomic E-state index is 0.0851. The van der Waals surface area contributed by atoms with Crippen LogP contribution in [0.1, 0.15) is 17.3 Å². The molecule has 0 saturated carbocycles. The molecule has 0 unspecified atom stereocenters. The van der Waals surface area contributed by atoms with E-state index < -0.39 is 0 Å². The van der Waals surface area contributed by atoms with Crippen molar-refractivity contribution in [2.45, 2.75) is 20.0 Å². The second kappa shape index (κ2) is 8.43. The first-order chi connectivity index (χ1) is 13.5. The molecule has 0 saturated heterocycles. The minimum Gasteiger partial charge on any atom is -0.508 e. The zero-order valence-electron chi connectivity index (χ0n) is 15.5. The van der Waals surface area contributed by atoms with Crippen molar-refractivity contribution in [1.82, 2.24) is 19.8 Å². The molecule has 0 bridgehead atoms. The molecule has 0 atom stereocenters.